The van der Waals surface area contributed by atoms with E-state index < -0.39 is 27.5 Å². The van der Waals surface area contributed by atoms with Crippen LogP contribution in [0, 0.1) is 10.1 Å². The number of para-hydroxylation sites is 1. The number of anilines is 1. The van der Waals surface area contributed by atoms with Crippen molar-refractivity contribution in [2.75, 3.05) is 25.2 Å². The number of sulfonamides is 1. The summed E-state index contributed by atoms with van der Waals surface area (Å²) in [7, 11) is -2.66. The van der Waals surface area contributed by atoms with Crippen LogP contribution in [0.3, 0.4) is 0 Å². The Balaban J connectivity index is 1.98. The van der Waals surface area contributed by atoms with Crippen molar-refractivity contribution in [2.24, 2.45) is 0 Å². The van der Waals surface area contributed by atoms with Gasteiger partial charge in [0, 0.05) is 18.7 Å². The molecule has 0 spiro atoms. The number of methoxy groups -OCH3 is 1. The van der Waals surface area contributed by atoms with Gasteiger partial charge in [0.1, 0.15) is 11.4 Å². The molecule has 2 aromatic rings. The molecule has 3 rings (SSSR count). The van der Waals surface area contributed by atoms with Crippen LogP contribution in [0.5, 0.6) is 0 Å². The van der Waals surface area contributed by atoms with Crippen molar-refractivity contribution in [3.63, 3.8) is 0 Å². The minimum absolute atomic E-state index is 0.0446. The molecule has 1 aliphatic heterocycles. The number of ether oxygens (including phenoxy) is 1. The van der Waals surface area contributed by atoms with Gasteiger partial charge in [-0.25, -0.2) is 8.42 Å². The molecule has 0 aromatic heterocycles. The number of nitro benzene ring substituents is 1. The summed E-state index contributed by atoms with van der Waals surface area (Å²) in [6.07, 6.45) is 0. The Labute approximate surface area is 156 Å². The fraction of sp³-hybridized carbons (Fsp3) is 0.235. The zero-order valence-corrected chi connectivity index (χ0v) is 15.3. The van der Waals surface area contributed by atoms with E-state index in [2.05, 4.69) is 4.74 Å². The first-order valence-corrected chi connectivity index (χ1v) is 9.41. The number of nitro groups is 1. The lowest BCUT2D eigenvalue weighted by molar-refractivity contribution is -0.384. The Bertz CT molecular complexity index is 992. The standard InChI is InChI=1S/C17H17N3O6S/c1-26-17(21)11-19-12-18(10-13-5-4-6-14(9-13)20(22)23)15-7-2-3-8-16(15)27(19,24)25/h2-9H,10-12H2,1H3. The second kappa shape index (κ2) is 7.33. The highest BCUT2D eigenvalue weighted by molar-refractivity contribution is 7.89. The number of non-ortho nitro benzene ring substituents is 1. The summed E-state index contributed by atoms with van der Waals surface area (Å²) in [6, 6.07) is 12.6. The Morgan fingerprint density at radius 1 is 1.22 bits per heavy atom. The van der Waals surface area contributed by atoms with Gasteiger partial charge in [0.15, 0.2) is 0 Å². The number of rotatable bonds is 5. The molecule has 0 saturated carbocycles. The molecule has 0 amide bonds. The molecule has 2 aromatic carbocycles. The third-order valence-corrected chi connectivity index (χ3v) is 6.01. The summed E-state index contributed by atoms with van der Waals surface area (Å²) in [5, 5.41) is 11.0. The molecule has 1 aliphatic rings. The van der Waals surface area contributed by atoms with E-state index in [1.165, 1.54) is 25.3 Å². The van der Waals surface area contributed by atoms with Crippen LogP contribution in [0.4, 0.5) is 11.4 Å². The summed E-state index contributed by atoms with van der Waals surface area (Å²) in [5.41, 5.74) is 1.08. The van der Waals surface area contributed by atoms with E-state index in [-0.39, 0.29) is 23.8 Å². The second-order valence-corrected chi connectivity index (χ2v) is 7.83. The van der Waals surface area contributed by atoms with E-state index in [1.807, 2.05) is 0 Å². The van der Waals surface area contributed by atoms with Gasteiger partial charge >= 0.3 is 5.97 Å². The largest absolute Gasteiger partial charge is 0.468 e. The molecular formula is C17H17N3O6S. The van der Waals surface area contributed by atoms with Crippen molar-refractivity contribution in [3.05, 3.63) is 64.2 Å². The van der Waals surface area contributed by atoms with E-state index in [1.54, 1.807) is 35.2 Å². The maximum Gasteiger partial charge on any atom is 0.321 e. The van der Waals surface area contributed by atoms with E-state index in [0.717, 1.165) is 4.31 Å². The molecule has 9 nitrogen and oxygen atoms in total. The Morgan fingerprint density at radius 3 is 2.67 bits per heavy atom. The first-order chi connectivity index (χ1) is 12.8. The lowest BCUT2D eigenvalue weighted by Crippen LogP contribution is -2.48. The smallest absolute Gasteiger partial charge is 0.321 e. The fourth-order valence-corrected chi connectivity index (χ4v) is 4.44. The predicted octanol–water partition coefficient (Wildman–Crippen LogP) is 1.74. The van der Waals surface area contributed by atoms with Gasteiger partial charge in [0.25, 0.3) is 5.69 Å². The van der Waals surface area contributed by atoms with Crippen molar-refractivity contribution in [2.45, 2.75) is 11.4 Å². The van der Waals surface area contributed by atoms with Gasteiger partial charge in [-0.05, 0) is 17.7 Å². The molecule has 1 heterocycles. The highest BCUT2D eigenvalue weighted by atomic mass is 32.2. The molecule has 142 valence electrons. The average molecular weight is 391 g/mol. The van der Waals surface area contributed by atoms with Crippen molar-refractivity contribution in [1.82, 2.24) is 4.31 Å². The van der Waals surface area contributed by atoms with Crippen LogP contribution < -0.4 is 4.90 Å². The highest BCUT2D eigenvalue weighted by Crippen LogP contribution is 2.34. The van der Waals surface area contributed by atoms with E-state index in [4.69, 9.17) is 0 Å². The number of benzene rings is 2. The Kier molecular flexibility index (Phi) is 5.10. The zero-order valence-electron chi connectivity index (χ0n) is 14.4. The third-order valence-electron chi connectivity index (χ3n) is 4.18. The Morgan fingerprint density at radius 2 is 1.96 bits per heavy atom. The number of carbonyl (C=O) groups excluding carboxylic acids is 1. The van der Waals surface area contributed by atoms with Crippen LogP contribution in [-0.4, -0.2) is 43.9 Å². The average Bonchev–Trinajstić information content (AvgIpc) is 2.66. The molecule has 0 saturated heterocycles. The van der Waals surface area contributed by atoms with E-state index in [9.17, 15) is 23.3 Å². The van der Waals surface area contributed by atoms with Gasteiger partial charge in [0.2, 0.25) is 10.0 Å². The van der Waals surface area contributed by atoms with Crippen LogP contribution >= 0.6 is 0 Å². The molecule has 0 aliphatic carbocycles. The monoisotopic (exact) mass is 391 g/mol. The van der Waals surface area contributed by atoms with Crippen LogP contribution in [-0.2, 0) is 26.1 Å². The van der Waals surface area contributed by atoms with Crippen LogP contribution in [0.15, 0.2) is 53.4 Å². The lowest BCUT2D eigenvalue weighted by atomic mass is 10.2. The van der Waals surface area contributed by atoms with Crippen LogP contribution in [0.25, 0.3) is 0 Å². The first-order valence-electron chi connectivity index (χ1n) is 7.97. The third kappa shape index (κ3) is 3.76. The molecule has 0 bridgehead atoms. The number of carbonyl (C=O) groups is 1. The zero-order chi connectivity index (χ0) is 19.6. The molecule has 0 radical (unpaired) electrons. The van der Waals surface area contributed by atoms with Gasteiger partial charge < -0.3 is 9.64 Å². The van der Waals surface area contributed by atoms with Crippen molar-refractivity contribution in [3.8, 4) is 0 Å². The minimum atomic E-state index is -3.85. The summed E-state index contributed by atoms with van der Waals surface area (Å²) in [5.74, 6) is -0.673. The fourth-order valence-electron chi connectivity index (χ4n) is 2.89. The normalized spacial score (nSPS) is 15.8. The SMILES string of the molecule is COC(=O)CN1CN(Cc2cccc([N+](=O)[O-])c2)c2ccccc2S1(=O)=O. The summed E-state index contributed by atoms with van der Waals surface area (Å²) >= 11 is 0. The van der Waals surface area contributed by atoms with Gasteiger partial charge in [-0.3, -0.25) is 14.9 Å². The molecule has 0 atom stereocenters. The van der Waals surface area contributed by atoms with Gasteiger partial charge in [-0.1, -0.05) is 24.3 Å². The lowest BCUT2D eigenvalue weighted by Gasteiger charge is -2.37. The maximum atomic E-state index is 12.8. The first kappa shape index (κ1) is 18.8. The van der Waals surface area contributed by atoms with Gasteiger partial charge in [0.05, 0.1) is 24.4 Å². The summed E-state index contributed by atoms with van der Waals surface area (Å²) in [4.78, 5) is 24.0. The number of hydrogen-bond donors (Lipinski definition) is 0. The van der Waals surface area contributed by atoms with E-state index in [0.29, 0.717) is 11.3 Å². The Hall–Kier alpha value is -2.98. The van der Waals surface area contributed by atoms with Crippen molar-refractivity contribution in [1.29, 1.82) is 0 Å². The molecule has 10 heteroatoms. The topological polar surface area (TPSA) is 110 Å². The summed E-state index contributed by atoms with van der Waals surface area (Å²) < 4.78 is 31.2. The molecular weight excluding hydrogens is 374 g/mol. The molecule has 27 heavy (non-hydrogen) atoms. The van der Waals surface area contributed by atoms with Gasteiger partial charge in [-0.2, -0.15) is 4.31 Å². The van der Waals surface area contributed by atoms with Gasteiger partial charge in [-0.15, -0.1) is 0 Å². The highest BCUT2D eigenvalue weighted by Gasteiger charge is 2.36. The predicted molar refractivity (Wildman–Crippen MR) is 96.5 cm³/mol. The maximum absolute atomic E-state index is 12.8. The van der Waals surface area contributed by atoms with Crippen molar-refractivity contribution >= 4 is 27.4 Å². The van der Waals surface area contributed by atoms with Crippen LogP contribution in [0.2, 0.25) is 0 Å². The number of fused-ring (bicyclic) bond motifs is 1. The quantitative estimate of drug-likeness (QED) is 0.434. The number of nitrogens with zero attached hydrogens (tertiary/aromatic N) is 3. The number of esters is 1. The van der Waals surface area contributed by atoms with E-state index >= 15 is 0 Å². The molecule has 0 fully saturated rings. The molecule has 0 unspecified atom stereocenters. The summed E-state index contributed by atoms with van der Waals surface area (Å²) in [6.45, 7) is -0.248. The van der Waals surface area contributed by atoms with Crippen molar-refractivity contribution < 1.29 is 22.9 Å². The number of hydrogen-bond acceptors (Lipinski definition) is 7. The second-order valence-electron chi connectivity index (χ2n) is 5.93. The molecule has 0 N–H and O–H groups in total. The van der Waals surface area contributed by atoms with Crippen LogP contribution in [0.1, 0.15) is 5.56 Å². The minimum Gasteiger partial charge on any atom is -0.468 e.